The summed E-state index contributed by atoms with van der Waals surface area (Å²) in [5.41, 5.74) is 1.26. The molecule has 3 rings (SSSR count). The summed E-state index contributed by atoms with van der Waals surface area (Å²) in [5, 5.41) is 3.19. The highest BCUT2D eigenvalue weighted by molar-refractivity contribution is 9.10. The molecule has 2 aromatic carbocycles. The van der Waals surface area contributed by atoms with Gasteiger partial charge in [-0.05, 0) is 41.5 Å². The van der Waals surface area contributed by atoms with Crippen LogP contribution < -0.4 is 5.32 Å². The molecule has 0 aliphatic rings. The summed E-state index contributed by atoms with van der Waals surface area (Å²) < 4.78 is 39.1. The van der Waals surface area contributed by atoms with Crippen molar-refractivity contribution in [2.45, 2.75) is 12.7 Å². The van der Waals surface area contributed by atoms with Gasteiger partial charge in [0.15, 0.2) is 0 Å². The molecule has 0 bridgehead atoms. The average Bonchev–Trinajstić information content (AvgIpc) is 2.65. The van der Waals surface area contributed by atoms with Crippen molar-refractivity contribution in [2.75, 3.05) is 0 Å². The van der Waals surface area contributed by atoms with E-state index < -0.39 is 17.6 Å². The largest absolute Gasteiger partial charge is 0.416 e. The Morgan fingerprint density at radius 3 is 2.57 bits per heavy atom. The minimum Gasteiger partial charge on any atom is -0.348 e. The van der Waals surface area contributed by atoms with Gasteiger partial charge in [-0.1, -0.05) is 45.7 Å². The molecule has 3 aromatic rings. The first-order valence-corrected chi connectivity index (χ1v) is 9.26. The van der Waals surface area contributed by atoms with Gasteiger partial charge in [-0.25, -0.2) is 0 Å². The Hall–Kier alpha value is -2.38. The summed E-state index contributed by atoms with van der Waals surface area (Å²) >= 11 is 9.26. The minimum absolute atomic E-state index is 0.0844. The van der Waals surface area contributed by atoms with E-state index in [-0.39, 0.29) is 16.6 Å². The van der Waals surface area contributed by atoms with Crippen molar-refractivity contribution < 1.29 is 18.0 Å². The fraction of sp³-hybridized carbons (Fsp3) is 0.100. The van der Waals surface area contributed by atoms with E-state index in [4.69, 9.17) is 11.6 Å². The van der Waals surface area contributed by atoms with Crippen LogP contribution in [0, 0.1) is 0 Å². The smallest absolute Gasteiger partial charge is 0.348 e. The second-order valence-corrected chi connectivity index (χ2v) is 7.24. The lowest BCUT2D eigenvalue weighted by Gasteiger charge is -2.13. The van der Waals surface area contributed by atoms with E-state index in [0.29, 0.717) is 10.6 Å². The van der Waals surface area contributed by atoms with Crippen LogP contribution in [-0.2, 0) is 12.7 Å². The van der Waals surface area contributed by atoms with E-state index >= 15 is 0 Å². The number of hydrogen-bond donors (Lipinski definition) is 1. The highest BCUT2D eigenvalue weighted by Gasteiger charge is 2.31. The van der Waals surface area contributed by atoms with Crippen molar-refractivity contribution in [1.29, 1.82) is 0 Å². The second-order valence-electron chi connectivity index (χ2n) is 5.92. The number of nitrogens with zero attached hydrogens (tertiary/aromatic N) is 1. The van der Waals surface area contributed by atoms with Crippen LogP contribution in [0.4, 0.5) is 13.2 Å². The highest BCUT2D eigenvalue weighted by atomic mass is 79.9. The Bertz CT molecular complexity index is 1020. The summed E-state index contributed by atoms with van der Waals surface area (Å²) in [6.07, 6.45) is -1.35. The van der Waals surface area contributed by atoms with Crippen molar-refractivity contribution in [2.24, 2.45) is 0 Å². The summed E-state index contributed by atoms with van der Waals surface area (Å²) in [4.78, 5) is 16.5. The lowest BCUT2D eigenvalue weighted by Crippen LogP contribution is -2.23. The third-order valence-corrected chi connectivity index (χ3v) is 4.78. The fourth-order valence-corrected chi connectivity index (χ4v) is 3.40. The molecule has 0 aliphatic heterocycles. The molecule has 0 fully saturated rings. The summed E-state index contributed by atoms with van der Waals surface area (Å²) in [7, 11) is 0. The fourth-order valence-electron chi connectivity index (χ4n) is 2.67. The lowest BCUT2D eigenvalue weighted by molar-refractivity contribution is -0.137. The number of aromatic nitrogens is 1. The predicted molar refractivity (Wildman–Crippen MR) is 105 cm³/mol. The van der Waals surface area contributed by atoms with Crippen LogP contribution in [0.3, 0.4) is 0 Å². The SMILES string of the molecule is O=C(NCc1cnccc1-c1ccccc1Cl)c1cc(Br)cc(C(F)(F)F)c1. The molecule has 0 radical (unpaired) electrons. The Labute approximate surface area is 172 Å². The average molecular weight is 470 g/mol. The number of alkyl halides is 3. The molecule has 1 heterocycles. The molecule has 0 atom stereocenters. The molecule has 0 aliphatic carbocycles. The Balaban J connectivity index is 1.83. The van der Waals surface area contributed by atoms with Gasteiger partial charge in [0, 0.05) is 39.6 Å². The van der Waals surface area contributed by atoms with E-state index in [1.165, 1.54) is 6.07 Å². The second kappa shape index (κ2) is 8.32. The number of carbonyl (C=O) groups excluding carboxylic acids is 1. The molecule has 0 unspecified atom stereocenters. The Morgan fingerprint density at radius 1 is 1.11 bits per heavy atom. The summed E-state index contributed by atoms with van der Waals surface area (Å²) in [6.45, 7) is 0.0844. The Morgan fingerprint density at radius 2 is 1.86 bits per heavy atom. The molecule has 0 saturated carbocycles. The monoisotopic (exact) mass is 468 g/mol. The van der Waals surface area contributed by atoms with Crippen LogP contribution in [0.1, 0.15) is 21.5 Å². The molecule has 1 N–H and O–H groups in total. The van der Waals surface area contributed by atoms with Crippen molar-refractivity contribution in [3.63, 3.8) is 0 Å². The first-order chi connectivity index (χ1) is 13.3. The van der Waals surface area contributed by atoms with E-state index in [1.54, 1.807) is 30.6 Å². The zero-order valence-corrected chi connectivity index (χ0v) is 16.6. The molecule has 3 nitrogen and oxygen atoms in total. The van der Waals surface area contributed by atoms with Crippen LogP contribution >= 0.6 is 27.5 Å². The number of carbonyl (C=O) groups is 1. The van der Waals surface area contributed by atoms with Gasteiger partial charge < -0.3 is 5.32 Å². The van der Waals surface area contributed by atoms with Gasteiger partial charge in [-0.3, -0.25) is 9.78 Å². The number of halogens is 5. The van der Waals surface area contributed by atoms with Crippen molar-refractivity contribution in [1.82, 2.24) is 10.3 Å². The van der Waals surface area contributed by atoms with Gasteiger partial charge in [-0.2, -0.15) is 13.2 Å². The third-order valence-electron chi connectivity index (χ3n) is 3.99. The molecule has 1 aromatic heterocycles. The maximum atomic E-state index is 13.0. The zero-order chi connectivity index (χ0) is 20.3. The van der Waals surface area contributed by atoms with E-state index in [1.807, 2.05) is 12.1 Å². The number of pyridine rings is 1. The van der Waals surface area contributed by atoms with Crippen LogP contribution in [0.2, 0.25) is 5.02 Å². The summed E-state index contributed by atoms with van der Waals surface area (Å²) in [5.74, 6) is -0.624. The van der Waals surface area contributed by atoms with Crippen LogP contribution in [0.15, 0.2) is 65.4 Å². The van der Waals surface area contributed by atoms with Gasteiger partial charge in [0.2, 0.25) is 0 Å². The third kappa shape index (κ3) is 4.72. The molecule has 0 spiro atoms. The minimum atomic E-state index is -4.54. The van der Waals surface area contributed by atoms with Gasteiger partial charge in [0.05, 0.1) is 5.56 Å². The topological polar surface area (TPSA) is 42.0 Å². The number of benzene rings is 2. The maximum absolute atomic E-state index is 13.0. The number of rotatable bonds is 4. The molecular formula is C20H13BrClF3N2O. The molecule has 28 heavy (non-hydrogen) atoms. The molecule has 1 amide bonds. The lowest BCUT2D eigenvalue weighted by atomic mass is 10.0. The molecule has 8 heteroatoms. The predicted octanol–water partition coefficient (Wildman–Crippen LogP) is 6.11. The van der Waals surface area contributed by atoms with Crippen LogP contribution in [0.5, 0.6) is 0 Å². The van der Waals surface area contributed by atoms with Gasteiger partial charge >= 0.3 is 6.18 Å². The van der Waals surface area contributed by atoms with Gasteiger partial charge in [-0.15, -0.1) is 0 Å². The van der Waals surface area contributed by atoms with Gasteiger partial charge in [0.25, 0.3) is 5.91 Å². The number of nitrogens with one attached hydrogen (secondary N) is 1. The molecule has 0 saturated heterocycles. The van der Waals surface area contributed by atoms with Crippen molar-refractivity contribution in [3.05, 3.63) is 87.1 Å². The van der Waals surface area contributed by atoms with Crippen molar-refractivity contribution in [3.8, 4) is 11.1 Å². The molecule has 144 valence electrons. The van der Waals surface area contributed by atoms with E-state index in [0.717, 1.165) is 23.3 Å². The quantitative estimate of drug-likeness (QED) is 0.501. The van der Waals surface area contributed by atoms with Crippen LogP contribution in [0.25, 0.3) is 11.1 Å². The normalized spacial score (nSPS) is 11.3. The first kappa shape index (κ1) is 20.4. The van der Waals surface area contributed by atoms with E-state index in [9.17, 15) is 18.0 Å². The standard InChI is InChI=1S/C20H13BrClF3N2O/c21-15-8-12(7-14(9-15)20(23,24)25)19(28)27-11-13-10-26-6-5-16(13)17-3-1-2-4-18(17)22/h1-10H,11H2,(H,27,28). The maximum Gasteiger partial charge on any atom is 0.416 e. The summed E-state index contributed by atoms with van der Waals surface area (Å²) in [6, 6.07) is 12.1. The van der Waals surface area contributed by atoms with E-state index in [2.05, 4.69) is 26.2 Å². The van der Waals surface area contributed by atoms with Gasteiger partial charge in [0.1, 0.15) is 0 Å². The Kier molecular flexibility index (Phi) is 6.05. The molecular weight excluding hydrogens is 457 g/mol. The first-order valence-electron chi connectivity index (χ1n) is 8.09. The van der Waals surface area contributed by atoms with Crippen LogP contribution in [-0.4, -0.2) is 10.9 Å². The zero-order valence-electron chi connectivity index (χ0n) is 14.2. The number of amides is 1. The van der Waals surface area contributed by atoms with Crippen molar-refractivity contribution >= 4 is 33.4 Å². The number of hydrogen-bond acceptors (Lipinski definition) is 2. The highest BCUT2D eigenvalue weighted by Crippen LogP contribution is 2.32.